The van der Waals surface area contributed by atoms with Crippen LogP contribution in [0.5, 0.6) is 0 Å². The predicted octanol–water partition coefficient (Wildman–Crippen LogP) is 2.72. The molecule has 0 aliphatic heterocycles. The van der Waals surface area contributed by atoms with Crippen LogP contribution in [0.25, 0.3) is 10.9 Å². The molecular formula is C15H17N5O. The van der Waals surface area contributed by atoms with Gasteiger partial charge < -0.3 is 4.98 Å². The Labute approximate surface area is 122 Å². The number of nitrogens with one attached hydrogen (secondary N) is 3. The fraction of sp³-hybridized carbons (Fsp3) is 0.267. The average Bonchev–Trinajstić information content (AvgIpc) is 3.04. The van der Waals surface area contributed by atoms with Crippen LogP contribution in [0.2, 0.25) is 0 Å². The van der Waals surface area contributed by atoms with E-state index >= 15 is 0 Å². The first kappa shape index (κ1) is 13.4. The zero-order chi connectivity index (χ0) is 15.0. The summed E-state index contributed by atoms with van der Waals surface area (Å²) in [6.07, 6.45) is 0.746. The monoisotopic (exact) mass is 283 g/mol. The number of aromatic amines is 2. The molecule has 0 atom stereocenters. The molecule has 0 spiro atoms. The first-order chi connectivity index (χ1) is 10.1. The summed E-state index contributed by atoms with van der Waals surface area (Å²) in [6.45, 7) is 6.05. The number of benzene rings is 1. The first-order valence-corrected chi connectivity index (χ1v) is 6.90. The lowest BCUT2D eigenvalue weighted by atomic mass is 10.1. The Kier molecular flexibility index (Phi) is 3.21. The van der Waals surface area contributed by atoms with Crippen LogP contribution in [-0.2, 0) is 6.42 Å². The normalized spacial score (nSPS) is 11.0. The summed E-state index contributed by atoms with van der Waals surface area (Å²) in [4.78, 5) is 19.7. The van der Waals surface area contributed by atoms with Crippen molar-refractivity contribution in [2.45, 2.75) is 27.2 Å². The molecule has 1 aromatic carbocycles. The van der Waals surface area contributed by atoms with Crippen LogP contribution < -0.4 is 5.32 Å². The molecule has 1 amide bonds. The van der Waals surface area contributed by atoms with Gasteiger partial charge in [0.2, 0.25) is 5.95 Å². The minimum atomic E-state index is -0.219. The summed E-state index contributed by atoms with van der Waals surface area (Å²) in [5.41, 5.74) is 3.86. The Balaban J connectivity index is 1.87. The topological polar surface area (TPSA) is 86.5 Å². The highest BCUT2D eigenvalue weighted by atomic mass is 16.1. The number of fused-ring (bicyclic) bond motifs is 1. The molecule has 0 aliphatic carbocycles. The van der Waals surface area contributed by atoms with Gasteiger partial charge in [-0.25, -0.2) is 0 Å². The van der Waals surface area contributed by atoms with Gasteiger partial charge in [0.15, 0.2) is 0 Å². The van der Waals surface area contributed by atoms with Crippen LogP contribution >= 0.6 is 0 Å². The van der Waals surface area contributed by atoms with Crippen LogP contribution in [0, 0.1) is 13.8 Å². The zero-order valence-electron chi connectivity index (χ0n) is 12.2. The summed E-state index contributed by atoms with van der Waals surface area (Å²) in [5, 5.41) is 10.6. The number of carbonyl (C=O) groups is 1. The second kappa shape index (κ2) is 5.05. The van der Waals surface area contributed by atoms with E-state index in [-0.39, 0.29) is 5.91 Å². The SMILES string of the molecule is CCc1nc(NC(=O)c2ccc3c(C)c(C)[nH]c3c2)n[nH]1. The van der Waals surface area contributed by atoms with Crippen molar-refractivity contribution in [3.8, 4) is 0 Å². The number of hydrogen-bond acceptors (Lipinski definition) is 3. The first-order valence-electron chi connectivity index (χ1n) is 6.90. The molecule has 108 valence electrons. The number of anilines is 1. The van der Waals surface area contributed by atoms with Gasteiger partial charge in [-0.1, -0.05) is 13.0 Å². The highest BCUT2D eigenvalue weighted by Crippen LogP contribution is 2.22. The molecule has 3 aromatic rings. The molecular weight excluding hydrogens is 266 g/mol. The summed E-state index contributed by atoms with van der Waals surface area (Å²) in [5.74, 6) is 0.829. The molecule has 0 saturated carbocycles. The van der Waals surface area contributed by atoms with Crippen LogP contribution in [0.1, 0.15) is 34.4 Å². The Bertz CT molecular complexity index is 815. The lowest BCUT2D eigenvalue weighted by Crippen LogP contribution is -2.12. The van der Waals surface area contributed by atoms with Crippen molar-refractivity contribution >= 4 is 22.8 Å². The molecule has 2 aromatic heterocycles. The molecule has 2 heterocycles. The van der Waals surface area contributed by atoms with Gasteiger partial charge in [-0.05, 0) is 31.5 Å². The standard InChI is InChI=1S/C15H17N5O/c1-4-13-17-15(20-19-13)18-14(21)10-5-6-11-8(2)9(3)16-12(11)7-10/h5-7,16H,4H2,1-3H3,(H2,17,18,19,20,21). The molecule has 3 rings (SSSR count). The van der Waals surface area contributed by atoms with Crippen molar-refractivity contribution in [3.63, 3.8) is 0 Å². The number of carbonyl (C=O) groups excluding carboxylic acids is 1. The molecule has 3 N–H and O–H groups in total. The van der Waals surface area contributed by atoms with E-state index in [1.807, 2.05) is 32.0 Å². The van der Waals surface area contributed by atoms with Crippen molar-refractivity contribution in [1.82, 2.24) is 20.2 Å². The third-order valence-electron chi connectivity index (χ3n) is 3.66. The summed E-state index contributed by atoms with van der Waals surface area (Å²) < 4.78 is 0. The minimum absolute atomic E-state index is 0.219. The maximum absolute atomic E-state index is 12.2. The fourth-order valence-electron chi connectivity index (χ4n) is 2.30. The molecule has 0 unspecified atom stereocenters. The van der Waals surface area contributed by atoms with Crippen molar-refractivity contribution in [2.75, 3.05) is 5.32 Å². The van der Waals surface area contributed by atoms with Gasteiger partial charge in [0.25, 0.3) is 5.91 Å². The number of H-pyrrole nitrogens is 2. The van der Waals surface area contributed by atoms with Crippen LogP contribution in [0.15, 0.2) is 18.2 Å². The van der Waals surface area contributed by atoms with Gasteiger partial charge >= 0.3 is 0 Å². The van der Waals surface area contributed by atoms with E-state index in [4.69, 9.17) is 0 Å². The molecule has 6 heteroatoms. The summed E-state index contributed by atoms with van der Waals surface area (Å²) >= 11 is 0. The maximum atomic E-state index is 12.2. The maximum Gasteiger partial charge on any atom is 0.258 e. The number of aryl methyl sites for hydroxylation is 3. The van der Waals surface area contributed by atoms with E-state index in [9.17, 15) is 4.79 Å². The minimum Gasteiger partial charge on any atom is -0.358 e. The quantitative estimate of drug-likeness (QED) is 0.690. The Morgan fingerprint density at radius 3 is 2.86 bits per heavy atom. The number of aromatic nitrogens is 4. The Morgan fingerprint density at radius 2 is 2.14 bits per heavy atom. The van der Waals surface area contributed by atoms with Crippen molar-refractivity contribution in [2.24, 2.45) is 0 Å². The molecule has 0 radical (unpaired) electrons. The van der Waals surface area contributed by atoms with Crippen LogP contribution in [-0.4, -0.2) is 26.1 Å². The van der Waals surface area contributed by atoms with Gasteiger partial charge in [-0.3, -0.25) is 15.2 Å². The average molecular weight is 283 g/mol. The van der Waals surface area contributed by atoms with E-state index in [0.717, 1.165) is 28.8 Å². The third-order valence-corrected chi connectivity index (χ3v) is 3.66. The third kappa shape index (κ3) is 2.40. The molecule has 0 saturated heterocycles. The van der Waals surface area contributed by atoms with Gasteiger partial charge in [-0.2, -0.15) is 4.98 Å². The fourth-order valence-corrected chi connectivity index (χ4v) is 2.30. The number of hydrogen-bond donors (Lipinski definition) is 3. The Hall–Kier alpha value is -2.63. The highest BCUT2D eigenvalue weighted by Gasteiger charge is 2.12. The van der Waals surface area contributed by atoms with Crippen molar-refractivity contribution < 1.29 is 4.79 Å². The van der Waals surface area contributed by atoms with Gasteiger partial charge in [0.05, 0.1) is 0 Å². The molecule has 21 heavy (non-hydrogen) atoms. The highest BCUT2D eigenvalue weighted by molar-refractivity contribution is 6.05. The number of rotatable bonds is 3. The predicted molar refractivity (Wildman–Crippen MR) is 81.5 cm³/mol. The van der Waals surface area contributed by atoms with E-state index in [1.165, 1.54) is 5.56 Å². The smallest absolute Gasteiger partial charge is 0.258 e. The van der Waals surface area contributed by atoms with Crippen molar-refractivity contribution in [3.05, 3.63) is 40.8 Å². The zero-order valence-corrected chi connectivity index (χ0v) is 12.2. The number of amides is 1. The second-order valence-electron chi connectivity index (χ2n) is 5.05. The van der Waals surface area contributed by atoms with E-state index in [0.29, 0.717) is 11.5 Å². The second-order valence-corrected chi connectivity index (χ2v) is 5.05. The summed E-state index contributed by atoms with van der Waals surface area (Å²) in [6, 6.07) is 5.61. The van der Waals surface area contributed by atoms with Crippen LogP contribution in [0.4, 0.5) is 5.95 Å². The molecule has 0 fully saturated rings. The Morgan fingerprint density at radius 1 is 1.33 bits per heavy atom. The van der Waals surface area contributed by atoms with Gasteiger partial charge in [0, 0.05) is 28.6 Å². The lowest BCUT2D eigenvalue weighted by Gasteiger charge is -2.01. The molecule has 0 aliphatic rings. The van der Waals surface area contributed by atoms with E-state index in [2.05, 4.69) is 32.4 Å². The molecule has 0 bridgehead atoms. The largest absolute Gasteiger partial charge is 0.358 e. The molecule has 6 nitrogen and oxygen atoms in total. The van der Waals surface area contributed by atoms with E-state index < -0.39 is 0 Å². The summed E-state index contributed by atoms with van der Waals surface area (Å²) in [7, 11) is 0. The number of nitrogens with zero attached hydrogens (tertiary/aromatic N) is 2. The van der Waals surface area contributed by atoms with Gasteiger partial charge in [0.1, 0.15) is 5.82 Å². The van der Waals surface area contributed by atoms with Crippen molar-refractivity contribution in [1.29, 1.82) is 0 Å². The van der Waals surface area contributed by atoms with Crippen LogP contribution in [0.3, 0.4) is 0 Å². The lowest BCUT2D eigenvalue weighted by molar-refractivity contribution is 0.102. The van der Waals surface area contributed by atoms with Gasteiger partial charge in [-0.15, -0.1) is 5.10 Å². The van der Waals surface area contributed by atoms with E-state index in [1.54, 1.807) is 0 Å².